The van der Waals surface area contributed by atoms with E-state index in [1.54, 1.807) is 6.07 Å². The Bertz CT molecular complexity index is 529. The standard InChI is InChI=1S/C11H14ClN5O/c12-9-8(3-6-18-9)10-14-11(16-15-10)17-4-1-7(13)2-5-17/h3,6-7H,1-2,4-5,13H2,(H,14,15,16). The maximum atomic E-state index is 5.90. The van der Waals surface area contributed by atoms with Gasteiger partial charge >= 0.3 is 0 Å². The number of hydrogen-bond donors (Lipinski definition) is 2. The lowest BCUT2D eigenvalue weighted by Gasteiger charge is -2.28. The number of piperidine rings is 1. The summed E-state index contributed by atoms with van der Waals surface area (Å²) in [5.41, 5.74) is 6.60. The van der Waals surface area contributed by atoms with E-state index in [4.69, 9.17) is 21.8 Å². The predicted molar refractivity (Wildman–Crippen MR) is 68.5 cm³/mol. The smallest absolute Gasteiger partial charge is 0.245 e. The first-order chi connectivity index (χ1) is 8.74. The lowest BCUT2D eigenvalue weighted by atomic mass is 10.1. The molecule has 6 nitrogen and oxygen atoms in total. The molecule has 0 bridgehead atoms. The molecule has 1 fully saturated rings. The van der Waals surface area contributed by atoms with Gasteiger partial charge in [0.05, 0.1) is 11.8 Å². The summed E-state index contributed by atoms with van der Waals surface area (Å²) >= 11 is 5.90. The highest BCUT2D eigenvalue weighted by Crippen LogP contribution is 2.27. The number of nitrogens with two attached hydrogens (primary N) is 1. The fourth-order valence-corrected chi connectivity index (χ4v) is 2.28. The average Bonchev–Trinajstić information content (AvgIpc) is 2.98. The molecule has 18 heavy (non-hydrogen) atoms. The number of aromatic nitrogens is 3. The first kappa shape index (κ1) is 11.6. The number of aromatic amines is 1. The summed E-state index contributed by atoms with van der Waals surface area (Å²) < 4.78 is 5.04. The number of furan rings is 1. The second-order valence-corrected chi connectivity index (χ2v) is 4.76. The van der Waals surface area contributed by atoms with Gasteiger partial charge in [-0.15, -0.1) is 5.10 Å². The molecule has 0 radical (unpaired) electrons. The van der Waals surface area contributed by atoms with E-state index in [1.165, 1.54) is 6.26 Å². The monoisotopic (exact) mass is 267 g/mol. The van der Waals surface area contributed by atoms with Crippen molar-refractivity contribution in [2.45, 2.75) is 18.9 Å². The van der Waals surface area contributed by atoms with Crippen LogP contribution in [0.25, 0.3) is 11.4 Å². The van der Waals surface area contributed by atoms with Crippen LogP contribution in [0.5, 0.6) is 0 Å². The van der Waals surface area contributed by atoms with E-state index in [0.717, 1.165) is 31.5 Å². The maximum Gasteiger partial charge on any atom is 0.245 e. The Morgan fingerprint density at radius 3 is 2.89 bits per heavy atom. The topological polar surface area (TPSA) is 84.0 Å². The highest BCUT2D eigenvalue weighted by Gasteiger charge is 2.20. The summed E-state index contributed by atoms with van der Waals surface area (Å²) in [6.07, 6.45) is 3.46. The van der Waals surface area contributed by atoms with Crippen LogP contribution in [0.2, 0.25) is 5.22 Å². The summed E-state index contributed by atoms with van der Waals surface area (Å²) in [7, 11) is 0. The molecule has 1 saturated heterocycles. The van der Waals surface area contributed by atoms with Crippen molar-refractivity contribution in [3.8, 4) is 11.4 Å². The van der Waals surface area contributed by atoms with Gasteiger partial charge in [0, 0.05) is 19.1 Å². The van der Waals surface area contributed by atoms with Crippen molar-refractivity contribution in [2.75, 3.05) is 18.0 Å². The quantitative estimate of drug-likeness (QED) is 0.864. The van der Waals surface area contributed by atoms with Crippen molar-refractivity contribution in [3.63, 3.8) is 0 Å². The van der Waals surface area contributed by atoms with Crippen LogP contribution in [-0.4, -0.2) is 34.3 Å². The van der Waals surface area contributed by atoms with Crippen LogP contribution < -0.4 is 10.6 Å². The summed E-state index contributed by atoms with van der Waals surface area (Å²) in [6.45, 7) is 1.77. The average molecular weight is 268 g/mol. The van der Waals surface area contributed by atoms with Crippen molar-refractivity contribution in [2.24, 2.45) is 5.73 Å². The van der Waals surface area contributed by atoms with Crippen molar-refractivity contribution in [1.82, 2.24) is 15.2 Å². The zero-order valence-electron chi connectivity index (χ0n) is 9.77. The molecule has 2 aromatic rings. The highest BCUT2D eigenvalue weighted by molar-refractivity contribution is 6.31. The molecule has 1 aliphatic rings. The number of anilines is 1. The number of hydrogen-bond acceptors (Lipinski definition) is 5. The minimum absolute atomic E-state index is 0.294. The largest absolute Gasteiger partial charge is 0.452 e. The first-order valence-electron chi connectivity index (χ1n) is 5.90. The summed E-state index contributed by atoms with van der Waals surface area (Å²) in [5, 5.41) is 7.41. The van der Waals surface area contributed by atoms with E-state index in [0.29, 0.717) is 23.0 Å². The van der Waals surface area contributed by atoms with Crippen LogP contribution in [0.4, 0.5) is 5.95 Å². The van der Waals surface area contributed by atoms with Gasteiger partial charge in [-0.3, -0.25) is 5.10 Å². The number of nitrogens with zero attached hydrogens (tertiary/aromatic N) is 3. The fraction of sp³-hybridized carbons (Fsp3) is 0.455. The van der Waals surface area contributed by atoms with Gasteiger partial charge in [-0.25, -0.2) is 0 Å². The van der Waals surface area contributed by atoms with E-state index < -0.39 is 0 Å². The molecule has 0 amide bonds. The van der Waals surface area contributed by atoms with Gasteiger partial charge in [0.2, 0.25) is 11.2 Å². The van der Waals surface area contributed by atoms with Gasteiger partial charge < -0.3 is 15.1 Å². The molecule has 3 rings (SSSR count). The van der Waals surface area contributed by atoms with Gasteiger partial charge in [-0.2, -0.15) is 4.98 Å². The number of H-pyrrole nitrogens is 1. The SMILES string of the molecule is NC1CCN(c2n[nH]c(-c3ccoc3Cl)n2)CC1. The molecule has 0 spiro atoms. The fourth-order valence-electron chi connectivity index (χ4n) is 2.08. The van der Waals surface area contributed by atoms with Crippen LogP contribution >= 0.6 is 11.6 Å². The van der Waals surface area contributed by atoms with E-state index in [2.05, 4.69) is 20.1 Å². The van der Waals surface area contributed by atoms with Gasteiger partial charge in [0.15, 0.2) is 5.82 Å². The van der Waals surface area contributed by atoms with Gasteiger partial charge in [0.25, 0.3) is 0 Å². The van der Waals surface area contributed by atoms with Crippen molar-refractivity contribution in [3.05, 3.63) is 17.5 Å². The van der Waals surface area contributed by atoms with E-state index in [1.807, 2.05) is 0 Å². The Morgan fingerprint density at radius 2 is 2.22 bits per heavy atom. The molecule has 1 aliphatic heterocycles. The Morgan fingerprint density at radius 1 is 1.44 bits per heavy atom. The van der Waals surface area contributed by atoms with Crippen molar-refractivity contribution < 1.29 is 4.42 Å². The molecule has 0 unspecified atom stereocenters. The summed E-state index contributed by atoms with van der Waals surface area (Å²) in [5.74, 6) is 1.31. The predicted octanol–water partition coefficient (Wildman–Crippen LogP) is 1.65. The van der Waals surface area contributed by atoms with E-state index >= 15 is 0 Å². The van der Waals surface area contributed by atoms with E-state index in [9.17, 15) is 0 Å². The molecular weight excluding hydrogens is 254 g/mol. The third kappa shape index (κ3) is 2.09. The third-order valence-electron chi connectivity index (χ3n) is 3.17. The molecule has 0 saturated carbocycles. The van der Waals surface area contributed by atoms with Gasteiger partial charge in [-0.05, 0) is 30.5 Å². The highest BCUT2D eigenvalue weighted by atomic mass is 35.5. The molecule has 0 atom stereocenters. The van der Waals surface area contributed by atoms with Crippen LogP contribution in [0.3, 0.4) is 0 Å². The minimum Gasteiger partial charge on any atom is -0.452 e. The Balaban J connectivity index is 1.80. The molecule has 2 aromatic heterocycles. The Hall–Kier alpha value is -1.53. The zero-order valence-corrected chi connectivity index (χ0v) is 10.5. The van der Waals surface area contributed by atoms with Crippen LogP contribution in [-0.2, 0) is 0 Å². The Kier molecular flexibility index (Phi) is 2.97. The lowest BCUT2D eigenvalue weighted by molar-refractivity contribution is 0.496. The number of nitrogens with one attached hydrogen (secondary N) is 1. The van der Waals surface area contributed by atoms with Crippen LogP contribution in [0.1, 0.15) is 12.8 Å². The molecular formula is C11H14ClN5O. The second kappa shape index (κ2) is 4.62. The first-order valence-corrected chi connectivity index (χ1v) is 6.28. The van der Waals surface area contributed by atoms with Gasteiger partial charge in [0.1, 0.15) is 0 Å². The lowest BCUT2D eigenvalue weighted by Crippen LogP contribution is -2.40. The Labute approximate surface area is 109 Å². The van der Waals surface area contributed by atoms with Gasteiger partial charge in [-0.1, -0.05) is 0 Å². The normalized spacial score (nSPS) is 17.3. The van der Waals surface area contributed by atoms with Crippen molar-refractivity contribution in [1.29, 1.82) is 0 Å². The minimum atomic E-state index is 0.294. The summed E-state index contributed by atoms with van der Waals surface area (Å²) in [4.78, 5) is 6.56. The second-order valence-electron chi connectivity index (χ2n) is 4.42. The van der Waals surface area contributed by atoms with Crippen molar-refractivity contribution >= 4 is 17.5 Å². The zero-order chi connectivity index (χ0) is 12.5. The third-order valence-corrected chi connectivity index (χ3v) is 3.46. The molecule has 96 valence electrons. The molecule has 3 N–H and O–H groups in total. The molecule has 0 aromatic carbocycles. The van der Waals surface area contributed by atoms with Crippen LogP contribution in [0, 0.1) is 0 Å². The molecule has 3 heterocycles. The van der Waals surface area contributed by atoms with E-state index in [-0.39, 0.29) is 0 Å². The summed E-state index contributed by atoms with van der Waals surface area (Å²) in [6, 6.07) is 2.06. The molecule has 7 heteroatoms. The maximum absolute atomic E-state index is 5.90. The number of halogens is 1. The molecule has 0 aliphatic carbocycles. The number of rotatable bonds is 2. The van der Waals surface area contributed by atoms with Crippen LogP contribution in [0.15, 0.2) is 16.7 Å².